The predicted octanol–water partition coefficient (Wildman–Crippen LogP) is 1.67. The second-order valence-electron chi connectivity index (χ2n) is 6.05. The number of halogens is 1. The fourth-order valence-electron chi connectivity index (χ4n) is 2.50. The van der Waals surface area contributed by atoms with Crippen LogP contribution in [0.5, 0.6) is 0 Å². The fourth-order valence-corrected chi connectivity index (χ4v) is 3.32. The second-order valence-corrected chi connectivity index (χ2v) is 7.14. The minimum absolute atomic E-state index is 0.129. The molecule has 8 heteroatoms. The number of nitrogen functional groups attached to an aromatic ring is 1. The molecule has 6 nitrogen and oxygen atoms in total. The number of anilines is 2. The number of aliphatic hydroxyl groups is 2. The number of nitrogens with zero attached hydrogens (tertiary/aromatic N) is 3. The van der Waals surface area contributed by atoms with Gasteiger partial charge in [-0.15, -0.1) is 0 Å². The molecule has 2 heterocycles. The van der Waals surface area contributed by atoms with Gasteiger partial charge in [-0.25, -0.2) is 9.37 Å². The van der Waals surface area contributed by atoms with Gasteiger partial charge in [0, 0.05) is 24.1 Å². The van der Waals surface area contributed by atoms with Crippen LogP contribution in [0.4, 0.5) is 16.2 Å². The van der Waals surface area contributed by atoms with Crippen LogP contribution < -0.4 is 10.6 Å². The van der Waals surface area contributed by atoms with Crippen LogP contribution in [0, 0.1) is 5.82 Å². The molecule has 2 aromatic rings. The van der Waals surface area contributed by atoms with Gasteiger partial charge >= 0.3 is 0 Å². The highest BCUT2D eigenvalue weighted by Crippen LogP contribution is 2.31. The Kier molecular flexibility index (Phi) is 4.62. The maximum absolute atomic E-state index is 13.0. The monoisotopic (exact) mass is 350 g/mol. The second kappa shape index (κ2) is 6.54. The highest BCUT2D eigenvalue weighted by molar-refractivity contribution is 7.99. The zero-order chi connectivity index (χ0) is 17.3. The minimum atomic E-state index is -1.10. The van der Waals surface area contributed by atoms with Crippen LogP contribution in [0.2, 0.25) is 0 Å². The molecule has 128 valence electrons. The Hall–Kier alpha value is -1.90. The zero-order valence-electron chi connectivity index (χ0n) is 13.2. The fraction of sp³-hybridized carbons (Fsp3) is 0.375. The average Bonchev–Trinajstić information content (AvgIpc) is 2.52. The van der Waals surface area contributed by atoms with Crippen molar-refractivity contribution in [3.8, 4) is 0 Å². The lowest BCUT2D eigenvalue weighted by molar-refractivity contribution is -0.0722. The quantitative estimate of drug-likeness (QED) is 0.725. The average molecular weight is 350 g/mol. The highest BCUT2D eigenvalue weighted by Gasteiger charge is 2.36. The molecule has 1 aromatic heterocycles. The number of rotatable bonds is 3. The van der Waals surface area contributed by atoms with E-state index in [1.54, 1.807) is 25.1 Å². The molecule has 0 radical (unpaired) electrons. The van der Waals surface area contributed by atoms with Crippen molar-refractivity contribution >= 4 is 23.5 Å². The van der Waals surface area contributed by atoms with Crippen molar-refractivity contribution in [1.29, 1.82) is 0 Å². The lowest BCUT2D eigenvalue weighted by Gasteiger charge is -2.40. The molecule has 24 heavy (non-hydrogen) atoms. The summed E-state index contributed by atoms with van der Waals surface area (Å²) in [6.45, 7) is 2.45. The van der Waals surface area contributed by atoms with Gasteiger partial charge in [-0.05, 0) is 37.6 Å². The van der Waals surface area contributed by atoms with Gasteiger partial charge in [0.15, 0.2) is 0 Å². The summed E-state index contributed by atoms with van der Waals surface area (Å²) in [4.78, 5) is 11.1. The van der Waals surface area contributed by atoms with Gasteiger partial charge in [0.2, 0.25) is 5.95 Å². The van der Waals surface area contributed by atoms with Crippen molar-refractivity contribution in [2.75, 3.05) is 23.7 Å². The van der Waals surface area contributed by atoms with Gasteiger partial charge in [0.25, 0.3) is 0 Å². The van der Waals surface area contributed by atoms with E-state index in [4.69, 9.17) is 5.73 Å². The van der Waals surface area contributed by atoms with Gasteiger partial charge in [-0.2, -0.15) is 4.98 Å². The zero-order valence-corrected chi connectivity index (χ0v) is 14.0. The lowest BCUT2D eigenvalue weighted by atomic mass is 9.91. The maximum Gasteiger partial charge on any atom is 0.223 e. The molecular weight excluding hydrogens is 331 g/mol. The number of hydrogen-bond acceptors (Lipinski definition) is 7. The third-order valence-electron chi connectivity index (χ3n) is 4.07. The molecule has 3 rings (SSSR count). The first-order valence-corrected chi connectivity index (χ1v) is 8.38. The number of piperidine rings is 1. The standard InChI is InChI=1S/C16H19FN4O2S/c1-16(23)6-7-21(9-12(16)22)13-8-14(20-15(18)19-13)24-11-4-2-10(17)3-5-11/h2-5,8,12,22-23H,6-7,9H2,1H3,(H2,18,19,20)/t12-,16-/m1/s1. The molecule has 1 saturated heterocycles. The number of aromatic nitrogens is 2. The normalized spacial score (nSPS) is 24.2. The third kappa shape index (κ3) is 3.77. The van der Waals surface area contributed by atoms with E-state index in [-0.39, 0.29) is 18.3 Å². The molecule has 1 aromatic carbocycles. The predicted molar refractivity (Wildman–Crippen MR) is 90.4 cm³/mol. The first kappa shape index (κ1) is 16.9. The molecule has 4 N–H and O–H groups in total. The molecule has 1 fully saturated rings. The molecule has 0 spiro atoms. The van der Waals surface area contributed by atoms with Crippen LogP contribution >= 0.6 is 11.8 Å². The number of benzene rings is 1. The van der Waals surface area contributed by atoms with E-state index in [2.05, 4.69) is 9.97 Å². The van der Waals surface area contributed by atoms with E-state index < -0.39 is 11.7 Å². The van der Waals surface area contributed by atoms with Crippen LogP contribution in [0.1, 0.15) is 13.3 Å². The van der Waals surface area contributed by atoms with Crippen molar-refractivity contribution in [3.63, 3.8) is 0 Å². The van der Waals surface area contributed by atoms with E-state index in [1.807, 2.05) is 4.90 Å². The summed E-state index contributed by atoms with van der Waals surface area (Å²) in [6, 6.07) is 7.88. The Labute approximate surface area is 143 Å². The number of nitrogens with two attached hydrogens (primary N) is 1. The summed E-state index contributed by atoms with van der Waals surface area (Å²) >= 11 is 1.35. The minimum Gasteiger partial charge on any atom is -0.388 e. The van der Waals surface area contributed by atoms with Crippen molar-refractivity contribution in [1.82, 2.24) is 9.97 Å². The van der Waals surface area contributed by atoms with Crippen LogP contribution in [-0.4, -0.2) is 45.0 Å². The number of β-amino-alcohol motifs (C(OH)–C–C–N with tert-alkyl or cyclic N) is 1. The summed E-state index contributed by atoms with van der Waals surface area (Å²) in [5.41, 5.74) is 4.70. The molecular formula is C16H19FN4O2S. The molecule has 0 saturated carbocycles. The Morgan fingerprint density at radius 1 is 1.33 bits per heavy atom. The third-order valence-corrected chi connectivity index (χ3v) is 4.99. The Morgan fingerprint density at radius 3 is 2.71 bits per heavy atom. The van der Waals surface area contributed by atoms with Gasteiger partial charge < -0.3 is 20.8 Å². The molecule has 0 amide bonds. The summed E-state index contributed by atoms with van der Waals surface area (Å²) in [5, 5.41) is 20.8. The highest BCUT2D eigenvalue weighted by atomic mass is 32.2. The van der Waals surface area contributed by atoms with Crippen LogP contribution in [0.3, 0.4) is 0 Å². The van der Waals surface area contributed by atoms with Crippen molar-refractivity contribution < 1.29 is 14.6 Å². The molecule has 0 aliphatic carbocycles. The largest absolute Gasteiger partial charge is 0.388 e. The number of hydrogen-bond donors (Lipinski definition) is 3. The molecule has 2 atom stereocenters. The van der Waals surface area contributed by atoms with Crippen LogP contribution in [0.15, 0.2) is 40.3 Å². The smallest absolute Gasteiger partial charge is 0.223 e. The molecule has 0 unspecified atom stereocenters. The first-order valence-electron chi connectivity index (χ1n) is 7.57. The van der Waals surface area contributed by atoms with E-state index in [0.29, 0.717) is 23.8 Å². The van der Waals surface area contributed by atoms with Crippen LogP contribution in [0.25, 0.3) is 0 Å². The summed E-state index contributed by atoms with van der Waals surface area (Å²) in [6.07, 6.45) is -0.436. The van der Waals surface area contributed by atoms with E-state index in [9.17, 15) is 14.6 Å². The summed E-state index contributed by atoms with van der Waals surface area (Å²) in [7, 11) is 0. The summed E-state index contributed by atoms with van der Waals surface area (Å²) in [5.74, 6) is 0.433. The van der Waals surface area contributed by atoms with Crippen molar-refractivity contribution in [2.24, 2.45) is 0 Å². The van der Waals surface area contributed by atoms with E-state index >= 15 is 0 Å². The van der Waals surface area contributed by atoms with Gasteiger partial charge in [0.05, 0.1) is 11.7 Å². The molecule has 1 aliphatic heterocycles. The van der Waals surface area contributed by atoms with Gasteiger partial charge in [0.1, 0.15) is 16.7 Å². The van der Waals surface area contributed by atoms with Gasteiger partial charge in [-0.1, -0.05) is 11.8 Å². The Balaban J connectivity index is 1.80. The maximum atomic E-state index is 13.0. The number of aliphatic hydroxyl groups excluding tert-OH is 1. The first-order chi connectivity index (χ1) is 11.3. The topological polar surface area (TPSA) is 95.5 Å². The Morgan fingerprint density at radius 2 is 2.04 bits per heavy atom. The van der Waals surface area contributed by atoms with Crippen LogP contribution in [-0.2, 0) is 0 Å². The van der Waals surface area contributed by atoms with Gasteiger partial charge in [-0.3, -0.25) is 0 Å². The summed E-state index contributed by atoms with van der Waals surface area (Å²) < 4.78 is 13.0. The molecule has 0 bridgehead atoms. The van der Waals surface area contributed by atoms with E-state index in [1.165, 1.54) is 23.9 Å². The molecule has 1 aliphatic rings. The lowest BCUT2D eigenvalue weighted by Crippen LogP contribution is -2.54. The van der Waals surface area contributed by atoms with Crippen molar-refractivity contribution in [2.45, 2.75) is 35.0 Å². The SMILES string of the molecule is C[C@@]1(O)CCN(c2cc(Sc3ccc(F)cc3)nc(N)n2)C[C@H]1O. The van der Waals surface area contributed by atoms with E-state index in [0.717, 1.165) is 4.90 Å². The van der Waals surface area contributed by atoms with Crippen molar-refractivity contribution in [3.05, 3.63) is 36.1 Å². The Bertz CT molecular complexity index is 727.